The molecule has 1 fully saturated rings. The van der Waals surface area contributed by atoms with Gasteiger partial charge in [-0.15, -0.1) is 10.2 Å². The second-order valence-corrected chi connectivity index (χ2v) is 6.87. The van der Waals surface area contributed by atoms with Gasteiger partial charge >= 0.3 is 0 Å². The van der Waals surface area contributed by atoms with Gasteiger partial charge in [-0.3, -0.25) is 4.79 Å². The number of fused-ring (bicyclic) bond motifs is 1. The lowest BCUT2D eigenvalue weighted by molar-refractivity contribution is -0.115. The van der Waals surface area contributed by atoms with Crippen LogP contribution in [0.5, 0.6) is 0 Å². The number of amides is 1. The fraction of sp³-hybridized carbons (Fsp3) is 0.312. The molecule has 1 aliphatic rings. The van der Waals surface area contributed by atoms with Crippen LogP contribution in [0.15, 0.2) is 18.2 Å². The lowest BCUT2D eigenvalue weighted by Crippen LogP contribution is -2.14. The zero-order valence-electron chi connectivity index (χ0n) is 12.5. The molecule has 118 valence electrons. The van der Waals surface area contributed by atoms with Gasteiger partial charge in [0.25, 0.3) is 0 Å². The number of hydrogen-bond acceptors (Lipinski definition) is 4. The van der Waals surface area contributed by atoms with Crippen molar-refractivity contribution in [1.29, 1.82) is 0 Å². The Labute approximate surface area is 135 Å². The number of rotatable bonds is 4. The quantitative estimate of drug-likeness (QED) is 0.769. The van der Waals surface area contributed by atoms with E-state index in [0.29, 0.717) is 11.0 Å². The van der Waals surface area contributed by atoms with Crippen molar-refractivity contribution in [2.75, 3.05) is 5.32 Å². The van der Waals surface area contributed by atoms with Crippen LogP contribution in [0.2, 0.25) is 0 Å². The lowest BCUT2D eigenvalue weighted by atomic mass is 10.1. The van der Waals surface area contributed by atoms with Crippen LogP contribution >= 0.6 is 11.3 Å². The highest BCUT2D eigenvalue weighted by molar-refractivity contribution is 7.15. The SMILES string of the molecule is Cc1[nH]c2ccc(F)cc2c1CC(=O)Nc1nnc(C2CC2)s1. The third-order valence-electron chi connectivity index (χ3n) is 4.03. The number of halogens is 1. The fourth-order valence-corrected chi connectivity index (χ4v) is 3.62. The highest BCUT2D eigenvalue weighted by Gasteiger charge is 2.27. The first-order valence-electron chi connectivity index (χ1n) is 7.50. The Hall–Kier alpha value is -2.28. The number of anilines is 1. The number of benzene rings is 1. The summed E-state index contributed by atoms with van der Waals surface area (Å²) in [6.45, 7) is 1.89. The Kier molecular flexibility index (Phi) is 3.37. The van der Waals surface area contributed by atoms with Gasteiger partial charge in [0.05, 0.1) is 6.42 Å². The molecule has 4 rings (SSSR count). The smallest absolute Gasteiger partial charge is 0.230 e. The summed E-state index contributed by atoms with van der Waals surface area (Å²) in [6, 6.07) is 4.55. The first-order chi connectivity index (χ1) is 11.1. The fourth-order valence-electron chi connectivity index (χ4n) is 2.69. The molecular formula is C16H15FN4OS. The van der Waals surface area contributed by atoms with E-state index in [9.17, 15) is 9.18 Å². The number of hydrogen-bond donors (Lipinski definition) is 2. The standard InChI is InChI=1S/C16H15FN4OS/c1-8-11(12-6-10(17)4-5-13(12)18-8)7-14(22)19-16-21-20-15(23-16)9-2-3-9/h4-6,9,18H,2-3,7H2,1H3,(H,19,21,22). The summed E-state index contributed by atoms with van der Waals surface area (Å²) in [5, 5.41) is 13.2. The van der Waals surface area contributed by atoms with E-state index in [1.54, 1.807) is 6.07 Å². The molecule has 2 heterocycles. The maximum Gasteiger partial charge on any atom is 0.230 e. The molecule has 0 bridgehead atoms. The van der Waals surface area contributed by atoms with Gasteiger partial charge in [0, 0.05) is 22.5 Å². The third kappa shape index (κ3) is 2.84. The van der Waals surface area contributed by atoms with Gasteiger partial charge in [0.1, 0.15) is 10.8 Å². The largest absolute Gasteiger partial charge is 0.358 e. The summed E-state index contributed by atoms with van der Waals surface area (Å²) in [4.78, 5) is 15.5. The van der Waals surface area contributed by atoms with Crippen molar-refractivity contribution in [3.63, 3.8) is 0 Å². The molecule has 0 radical (unpaired) electrons. The highest BCUT2D eigenvalue weighted by Crippen LogP contribution is 2.42. The van der Waals surface area contributed by atoms with Crippen LogP contribution in [-0.2, 0) is 11.2 Å². The van der Waals surface area contributed by atoms with E-state index in [2.05, 4.69) is 20.5 Å². The van der Waals surface area contributed by atoms with Crippen LogP contribution in [-0.4, -0.2) is 21.1 Å². The average Bonchev–Trinajstić information content (AvgIpc) is 3.19. The maximum absolute atomic E-state index is 13.5. The second kappa shape index (κ2) is 5.42. The minimum absolute atomic E-state index is 0.170. The summed E-state index contributed by atoms with van der Waals surface area (Å²) in [5.74, 6) is 0.0464. The van der Waals surface area contributed by atoms with Crippen molar-refractivity contribution in [3.8, 4) is 0 Å². The van der Waals surface area contributed by atoms with Gasteiger partial charge in [0.15, 0.2) is 0 Å². The Morgan fingerprint density at radius 1 is 1.43 bits per heavy atom. The van der Waals surface area contributed by atoms with Gasteiger partial charge in [-0.05, 0) is 43.5 Å². The van der Waals surface area contributed by atoms with Crippen LogP contribution in [0.4, 0.5) is 9.52 Å². The van der Waals surface area contributed by atoms with E-state index in [1.165, 1.54) is 23.5 Å². The van der Waals surface area contributed by atoms with E-state index < -0.39 is 0 Å². The van der Waals surface area contributed by atoms with Gasteiger partial charge in [-0.25, -0.2) is 4.39 Å². The minimum Gasteiger partial charge on any atom is -0.358 e. The van der Waals surface area contributed by atoms with Crippen molar-refractivity contribution in [2.45, 2.75) is 32.1 Å². The van der Waals surface area contributed by atoms with E-state index in [0.717, 1.165) is 40.0 Å². The van der Waals surface area contributed by atoms with Crippen molar-refractivity contribution in [2.24, 2.45) is 0 Å². The number of carbonyl (C=O) groups is 1. The van der Waals surface area contributed by atoms with Crippen LogP contribution in [0, 0.1) is 12.7 Å². The zero-order valence-corrected chi connectivity index (χ0v) is 13.3. The second-order valence-electron chi connectivity index (χ2n) is 5.86. The van der Waals surface area contributed by atoms with Crippen LogP contribution in [0.1, 0.15) is 35.0 Å². The minimum atomic E-state index is -0.309. The first-order valence-corrected chi connectivity index (χ1v) is 8.32. The Morgan fingerprint density at radius 3 is 3.04 bits per heavy atom. The Balaban J connectivity index is 1.53. The Morgan fingerprint density at radius 2 is 2.26 bits per heavy atom. The number of nitrogens with zero attached hydrogens (tertiary/aromatic N) is 2. The molecule has 0 spiro atoms. The van der Waals surface area contributed by atoms with Gasteiger partial charge < -0.3 is 10.3 Å². The monoisotopic (exact) mass is 330 g/mol. The topological polar surface area (TPSA) is 70.7 Å². The summed E-state index contributed by atoms with van der Waals surface area (Å²) < 4.78 is 13.5. The molecule has 7 heteroatoms. The summed E-state index contributed by atoms with van der Waals surface area (Å²) >= 11 is 1.43. The molecule has 2 N–H and O–H groups in total. The molecule has 0 aliphatic heterocycles. The lowest BCUT2D eigenvalue weighted by Gasteiger charge is -2.02. The molecule has 2 aromatic heterocycles. The Bertz CT molecular complexity index is 897. The summed E-state index contributed by atoms with van der Waals surface area (Å²) in [6.07, 6.45) is 2.49. The third-order valence-corrected chi connectivity index (χ3v) is 5.03. The molecule has 5 nitrogen and oxygen atoms in total. The number of nitrogens with one attached hydrogen (secondary N) is 2. The first kappa shape index (κ1) is 14.3. The van der Waals surface area contributed by atoms with Crippen molar-refractivity contribution in [3.05, 3.63) is 40.3 Å². The van der Waals surface area contributed by atoms with E-state index in [-0.39, 0.29) is 18.1 Å². The summed E-state index contributed by atoms with van der Waals surface area (Å²) in [5.41, 5.74) is 2.51. The zero-order chi connectivity index (χ0) is 16.0. The average molecular weight is 330 g/mol. The molecule has 3 aromatic rings. The van der Waals surface area contributed by atoms with Crippen LogP contribution in [0.3, 0.4) is 0 Å². The van der Waals surface area contributed by atoms with Crippen LogP contribution < -0.4 is 5.32 Å². The maximum atomic E-state index is 13.5. The molecule has 23 heavy (non-hydrogen) atoms. The highest BCUT2D eigenvalue weighted by atomic mass is 32.1. The molecule has 1 aliphatic carbocycles. The van der Waals surface area contributed by atoms with Crippen molar-refractivity contribution >= 4 is 33.3 Å². The summed E-state index contributed by atoms with van der Waals surface area (Å²) in [7, 11) is 0. The van der Waals surface area contributed by atoms with E-state index >= 15 is 0 Å². The molecule has 1 aromatic carbocycles. The van der Waals surface area contributed by atoms with Gasteiger partial charge in [0.2, 0.25) is 11.0 Å². The van der Waals surface area contributed by atoms with Crippen molar-refractivity contribution < 1.29 is 9.18 Å². The number of aromatic amines is 1. The van der Waals surface area contributed by atoms with Crippen LogP contribution in [0.25, 0.3) is 10.9 Å². The normalized spacial score (nSPS) is 14.3. The molecule has 1 amide bonds. The number of aromatic nitrogens is 3. The van der Waals surface area contributed by atoms with Crippen molar-refractivity contribution in [1.82, 2.24) is 15.2 Å². The molecule has 0 atom stereocenters. The van der Waals surface area contributed by atoms with E-state index in [1.807, 2.05) is 6.92 Å². The molecule has 0 saturated heterocycles. The predicted molar refractivity (Wildman–Crippen MR) is 87.2 cm³/mol. The molecule has 1 saturated carbocycles. The predicted octanol–water partition coefficient (Wildman–Crippen LogP) is 3.53. The molecule has 0 unspecified atom stereocenters. The van der Waals surface area contributed by atoms with E-state index in [4.69, 9.17) is 0 Å². The number of aryl methyl sites for hydroxylation is 1. The number of H-pyrrole nitrogens is 1. The number of carbonyl (C=O) groups excluding carboxylic acids is 1. The van der Waals surface area contributed by atoms with Gasteiger partial charge in [-0.2, -0.15) is 0 Å². The molecular weight excluding hydrogens is 315 g/mol. The van der Waals surface area contributed by atoms with Gasteiger partial charge in [-0.1, -0.05) is 11.3 Å².